The molecular formula is C15H17F2NO3. The van der Waals surface area contributed by atoms with Crippen LogP contribution in [0.3, 0.4) is 0 Å². The number of benzene rings is 1. The van der Waals surface area contributed by atoms with Crippen molar-refractivity contribution >= 4 is 11.9 Å². The lowest BCUT2D eigenvalue weighted by molar-refractivity contribution is -0.150. The number of carboxylic acid groups (broad SMARTS) is 1. The molecule has 0 unspecified atom stereocenters. The monoisotopic (exact) mass is 297 g/mol. The molecule has 0 saturated heterocycles. The summed E-state index contributed by atoms with van der Waals surface area (Å²) in [5.41, 5.74) is -1.41. The highest BCUT2D eigenvalue weighted by Crippen LogP contribution is 2.36. The van der Waals surface area contributed by atoms with Gasteiger partial charge in [-0.3, -0.25) is 9.59 Å². The van der Waals surface area contributed by atoms with Gasteiger partial charge in [-0.15, -0.1) is 0 Å². The van der Waals surface area contributed by atoms with Gasteiger partial charge in [0.15, 0.2) is 11.6 Å². The molecule has 2 N–H and O–H groups in total. The van der Waals surface area contributed by atoms with E-state index in [-0.39, 0.29) is 6.54 Å². The van der Waals surface area contributed by atoms with Gasteiger partial charge in [0.2, 0.25) is 0 Å². The molecule has 1 aliphatic rings. The zero-order valence-corrected chi connectivity index (χ0v) is 11.5. The third-order valence-electron chi connectivity index (χ3n) is 4.05. The summed E-state index contributed by atoms with van der Waals surface area (Å²) in [6, 6.07) is 3.33. The minimum atomic E-state index is -1.22. The van der Waals surface area contributed by atoms with Crippen LogP contribution in [0, 0.1) is 17.0 Å². The van der Waals surface area contributed by atoms with Crippen LogP contribution >= 0.6 is 0 Å². The lowest BCUT2D eigenvalue weighted by Gasteiger charge is -2.33. The Balaban J connectivity index is 2.09. The average molecular weight is 297 g/mol. The van der Waals surface area contributed by atoms with Crippen molar-refractivity contribution in [3.05, 3.63) is 35.4 Å². The first-order valence-electron chi connectivity index (χ1n) is 6.92. The third-order valence-corrected chi connectivity index (χ3v) is 4.05. The fraction of sp³-hybridized carbons (Fsp3) is 0.467. The van der Waals surface area contributed by atoms with Crippen molar-refractivity contribution in [1.82, 2.24) is 5.32 Å². The van der Waals surface area contributed by atoms with Crippen molar-refractivity contribution in [3.8, 4) is 0 Å². The molecule has 6 heteroatoms. The topological polar surface area (TPSA) is 66.4 Å². The van der Waals surface area contributed by atoms with Crippen molar-refractivity contribution in [2.75, 3.05) is 6.54 Å². The van der Waals surface area contributed by atoms with E-state index in [0.717, 1.165) is 25.3 Å². The van der Waals surface area contributed by atoms with Crippen LogP contribution in [0.5, 0.6) is 0 Å². The number of carbonyl (C=O) groups excluding carboxylic acids is 1. The van der Waals surface area contributed by atoms with Gasteiger partial charge in [-0.25, -0.2) is 8.78 Å². The van der Waals surface area contributed by atoms with Gasteiger partial charge in [0, 0.05) is 6.54 Å². The van der Waals surface area contributed by atoms with Crippen LogP contribution in [0.25, 0.3) is 0 Å². The highest BCUT2D eigenvalue weighted by molar-refractivity contribution is 5.94. The molecule has 1 amide bonds. The van der Waals surface area contributed by atoms with Gasteiger partial charge in [-0.05, 0) is 25.0 Å². The molecule has 0 bridgehead atoms. The second kappa shape index (κ2) is 6.20. The number of hydrogen-bond acceptors (Lipinski definition) is 2. The third kappa shape index (κ3) is 3.20. The minimum absolute atomic E-state index is 0.0723. The van der Waals surface area contributed by atoms with E-state index in [4.69, 9.17) is 0 Å². The Bertz CT molecular complexity index is 554. The Morgan fingerprint density at radius 1 is 1.19 bits per heavy atom. The number of nitrogens with one attached hydrogen (secondary N) is 1. The van der Waals surface area contributed by atoms with Crippen LogP contribution in [-0.2, 0) is 4.79 Å². The summed E-state index contributed by atoms with van der Waals surface area (Å²) in [6.45, 7) is -0.0723. The lowest BCUT2D eigenvalue weighted by Crippen LogP contribution is -2.44. The molecule has 0 aliphatic heterocycles. The first-order valence-corrected chi connectivity index (χ1v) is 6.92. The highest BCUT2D eigenvalue weighted by Gasteiger charge is 2.39. The van der Waals surface area contributed by atoms with E-state index in [1.54, 1.807) is 0 Å². The van der Waals surface area contributed by atoms with Crippen LogP contribution in [0.4, 0.5) is 8.78 Å². The maximum absolute atomic E-state index is 13.5. The number of aliphatic carboxylic acids is 1. The summed E-state index contributed by atoms with van der Waals surface area (Å²) < 4.78 is 26.6. The van der Waals surface area contributed by atoms with Crippen molar-refractivity contribution in [2.45, 2.75) is 32.1 Å². The molecule has 0 radical (unpaired) electrons. The standard InChI is InChI=1S/C15H17F2NO3/c16-11-6-4-5-10(12(11)17)13(19)18-9-15(14(20)21)7-2-1-3-8-15/h4-6H,1-3,7-9H2,(H,18,19)(H,20,21). The lowest BCUT2D eigenvalue weighted by atomic mass is 9.74. The van der Waals surface area contributed by atoms with E-state index < -0.39 is 34.5 Å². The normalized spacial score (nSPS) is 17.2. The molecule has 114 valence electrons. The van der Waals surface area contributed by atoms with E-state index in [9.17, 15) is 23.5 Å². The summed E-state index contributed by atoms with van der Waals surface area (Å²) >= 11 is 0. The van der Waals surface area contributed by atoms with E-state index in [1.165, 1.54) is 12.1 Å². The quantitative estimate of drug-likeness (QED) is 0.898. The molecule has 2 rings (SSSR count). The van der Waals surface area contributed by atoms with Gasteiger partial charge >= 0.3 is 5.97 Å². The summed E-state index contributed by atoms with van der Waals surface area (Å²) in [4.78, 5) is 23.4. The molecule has 21 heavy (non-hydrogen) atoms. The maximum atomic E-state index is 13.5. The smallest absolute Gasteiger partial charge is 0.311 e. The molecule has 0 atom stereocenters. The summed E-state index contributed by atoms with van der Waals surface area (Å²) in [6.07, 6.45) is 3.51. The minimum Gasteiger partial charge on any atom is -0.481 e. The summed E-state index contributed by atoms with van der Waals surface area (Å²) in [5.74, 6) is -4.07. The number of carboxylic acids is 1. The Kier molecular flexibility index (Phi) is 4.55. The average Bonchev–Trinajstić information content (AvgIpc) is 2.48. The predicted molar refractivity (Wildman–Crippen MR) is 71.8 cm³/mol. The Morgan fingerprint density at radius 2 is 1.86 bits per heavy atom. The van der Waals surface area contributed by atoms with Gasteiger partial charge in [0.05, 0.1) is 11.0 Å². The fourth-order valence-electron chi connectivity index (χ4n) is 2.72. The zero-order valence-electron chi connectivity index (χ0n) is 11.5. The molecule has 4 nitrogen and oxygen atoms in total. The first kappa shape index (κ1) is 15.4. The molecule has 0 aromatic heterocycles. The number of hydrogen-bond donors (Lipinski definition) is 2. The Hall–Kier alpha value is -1.98. The fourth-order valence-corrected chi connectivity index (χ4v) is 2.72. The van der Waals surface area contributed by atoms with Crippen molar-refractivity contribution in [3.63, 3.8) is 0 Å². The van der Waals surface area contributed by atoms with Crippen molar-refractivity contribution in [2.24, 2.45) is 5.41 Å². The number of carbonyl (C=O) groups is 2. The Morgan fingerprint density at radius 3 is 2.48 bits per heavy atom. The molecule has 0 spiro atoms. The molecule has 1 aromatic rings. The van der Waals surface area contributed by atoms with Crippen LogP contribution in [0.15, 0.2) is 18.2 Å². The van der Waals surface area contributed by atoms with E-state index in [1.807, 2.05) is 0 Å². The number of amides is 1. The zero-order chi connectivity index (χ0) is 15.5. The van der Waals surface area contributed by atoms with Gasteiger partial charge < -0.3 is 10.4 Å². The van der Waals surface area contributed by atoms with Gasteiger partial charge in [-0.2, -0.15) is 0 Å². The maximum Gasteiger partial charge on any atom is 0.311 e. The van der Waals surface area contributed by atoms with Crippen LogP contribution in [0.2, 0.25) is 0 Å². The summed E-state index contributed by atoms with van der Waals surface area (Å²) in [5, 5.41) is 11.8. The molecule has 0 heterocycles. The number of halogens is 2. The van der Waals surface area contributed by atoms with Crippen LogP contribution in [0.1, 0.15) is 42.5 Å². The van der Waals surface area contributed by atoms with Crippen LogP contribution in [-0.4, -0.2) is 23.5 Å². The first-order chi connectivity index (χ1) is 9.96. The molecule has 1 aromatic carbocycles. The second-order valence-electron chi connectivity index (χ2n) is 5.43. The molecular weight excluding hydrogens is 280 g/mol. The van der Waals surface area contributed by atoms with Gasteiger partial charge in [-0.1, -0.05) is 25.3 Å². The van der Waals surface area contributed by atoms with Gasteiger partial charge in [0.25, 0.3) is 5.91 Å². The summed E-state index contributed by atoms with van der Waals surface area (Å²) in [7, 11) is 0. The highest BCUT2D eigenvalue weighted by atomic mass is 19.2. The number of rotatable bonds is 4. The molecule has 1 fully saturated rings. The van der Waals surface area contributed by atoms with E-state index >= 15 is 0 Å². The van der Waals surface area contributed by atoms with Crippen LogP contribution < -0.4 is 5.32 Å². The van der Waals surface area contributed by atoms with E-state index in [0.29, 0.717) is 12.8 Å². The van der Waals surface area contributed by atoms with Crippen molar-refractivity contribution < 1.29 is 23.5 Å². The van der Waals surface area contributed by atoms with Crippen molar-refractivity contribution in [1.29, 1.82) is 0 Å². The second-order valence-corrected chi connectivity index (χ2v) is 5.43. The predicted octanol–water partition coefficient (Wildman–Crippen LogP) is 2.73. The largest absolute Gasteiger partial charge is 0.481 e. The molecule has 1 saturated carbocycles. The SMILES string of the molecule is O=C(NCC1(C(=O)O)CCCCC1)c1cccc(F)c1F. The molecule has 1 aliphatic carbocycles. The Labute approximate surface area is 121 Å². The van der Waals surface area contributed by atoms with Gasteiger partial charge in [0.1, 0.15) is 0 Å². The van der Waals surface area contributed by atoms with E-state index in [2.05, 4.69) is 5.32 Å².